The van der Waals surface area contributed by atoms with E-state index in [1.165, 1.54) is 5.69 Å². The van der Waals surface area contributed by atoms with Crippen molar-refractivity contribution in [3.8, 4) is 23.1 Å². The van der Waals surface area contributed by atoms with Crippen LogP contribution >= 0.6 is 11.3 Å². The van der Waals surface area contributed by atoms with E-state index in [0.717, 1.165) is 41.0 Å². The predicted octanol–water partition coefficient (Wildman–Crippen LogP) is 6.17. The van der Waals surface area contributed by atoms with Gasteiger partial charge in [-0.25, -0.2) is 4.98 Å². The minimum absolute atomic E-state index is 0.00364. The molecule has 0 unspecified atom stereocenters. The number of hydrogen-bond donors (Lipinski definition) is 1. The first-order chi connectivity index (χ1) is 16.9. The largest absolute Gasteiger partial charge is 0.490 e. The van der Waals surface area contributed by atoms with Crippen LogP contribution in [0.25, 0.3) is 16.2 Å². The second-order valence-corrected chi connectivity index (χ2v) is 9.84. The number of carbonyl (C=O) groups is 1. The summed E-state index contributed by atoms with van der Waals surface area (Å²) in [5.74, 6) is 0.318. The molecule has 0 fully saturated rings. The third-order valence-electron chi connectivity index (χ3n) is 5.82. The molecule has 0 aliphatic rings. The van der Waals surface area contributed by atoms with Crippen molar-refractivity contribution in [2.45, 2.75) is 59.1 Å². The number of fused-ring (bicyclic) bond motifs is 1. The summed E-state index contributed by atoms with van der Waals surface area (Å²) in [4.78, 5) is 18.7. The van der Waals surface area contributed by atoms with Gasteiger partial charge in [0.15, 0.2) is 4.96 Å². The quantitative estimate of drug-likeness (QED) is 0.307. The summed E-state index contributed by atoms with van der Waals surface area (Å²) >= 11 is 1.64. The van der Waals surface area contributed by atoms with Crippen LogP contribution in [0, 0.1) is 18.3 Å². The zero-order chi connectivity index (χ0) is 24.9. The summed E-state index contributed by atoms with van der Waals surface area (Å²) in [6.45, 7) is 8.00. The Kier molecular flexibility index (Phi) is 7.52. The molecule has 0 saturated carbocycles. The van der Waals surface area contributed by atoms with E-state index in [2.05, 4.69) is 65.5 Å². The number of benzene rings is 2. The number of hydrogen-bond acceptors (Lipinski definition) is 5. The summed E-state index contributed by atoms with van der Waals surface area (Å²) in [7, 11) is 0. The minimum Gasteiger partial charge on any atom is -0.490 e. The van der Waals surface area contributed by atoms with Gasteiger partial charge in [-0.3, -0.25) is 9.20 Å². The second kappa shape index (κ2) is 10.7. The minimum atomic E-state index is -0.180. The molecule has 0 spiro atoms. The van der Waals surface area contributed by atoms with Gasteiger partial charge in [0.05, 0.1) is 17.4 Å². The fourth-order valence-electron chi connectivity index (χ4n) is 4.09. The van der Waals surface area contributed by atoms with Gasteiger partial charge in [0, 0.05) is 34.4 Å². The van der Waals surface area contributed by atoms with Gasteiger partial charge in [-0.05, 0) is 57.4 Å². The van der Waals surface area contributed by atoms with Crippen molar-refractivity contribution >= 4 is 22.2 Å². The molecule has 1 amide bonds. The first kappa shape index (κ1) is 24.5. The molecule has 2 aromatic heterocycles. The lowest BCUT2D eigenvalue weighted by Gasteiger charge is -2.19. The number of rotatable bonds is 9. The lowest BCUT2D eigenvalue weighted by molar-refractivity contribution is 0.0934. The smallest absolute Gasteiger partial charge is 0.251 e. The van der Waals surface area contributed by atoms with Gasteiger partial charge >= 0.3 is 0 Å². The molecule has 0 bridgehead atoms. The molecular formula is C28H30N4O2S. The molecule has 0 aliphatic heterocycles. The van der Waals surface area contributed by atoms with Gasteiger partial charge < -0.3 is 10.1 Å². The Hall–Kier alpha value is -3.63. The Morgan fingerprint density at radius 3 is 2.66 bits per heavy atom. The van der Waals surface area contributed by atoms with Gasteiger partial charge in [-0.2, -0.15) is 5.26 Å². The molecule has 2 heterocycles. The summed E-state index contributed by atoms with van der Waals surface area (Å²) in [5, 5.41) is 14.7. The van der Waals surface area contributed by atoms with E-state index in [1.54, 1.807) is 29.5 Å². The molecule has 0 aliphatic carbocycles. The Bertz CT molecular complexity index is 1360. The van der Waals surface area contributed by atoms with Crippen molar-refractivity contribution in [1.82, 2.24) is 14.7 Å². The highest BCUT2D eigenvalue weighted by molar-refractivity contribution is 7.15. The van der Waals surface area contributed by atoms with Gasteiger partial charge in [0.25, 0.3) is 5.91 Å². The molecule has 2 aromatic carbocycles. The zero-order valence-electron chi connectivity index (χ0n) is 20.5. The van der Waals surface area contributed by atoms with Crippen LogP contribution in [-0.4, -0.2) is 27.4 Å². The normalized spacial score (nSPS) is 12.0. The maximum absolute atomic E-state index is 13.0. The van der Waals surface area contributed by atoms with E-state index in [-0.39, 0.29) is 18.1 Å². The van der Waals surface area contributed by atoms with Gasteiger partial charge in [-0.1, -0.05) is 37.6 Å². The molecule has 6 nitrogen and oxygen atoms in total. The third-order valence-corrected chi connectivity index (χ3v) is 6.78. The lowest BCUT2D eigenvalue weighted by atomic mass is 9.99. The van der Waals surface area contributed by atoms with Gasteiger partial charge in [0.1, 0.15) is 11.8 Å². The number of aromatic nitrogens is 2. The maximum Gasteiger partial charge on any atom is 0.251 e. The highest BCUT2D eigenvalue weighted by Crippen LogP contribution is 2.24. The number of nitrogens with one attached hydrogen (secondary N) is 1. The number of ether oxygens (including phenoxy) is 1. The SMILES string of the molecule is CCC[C@H](Cc1ccc(-c2cn3c(C)csc3n2)cc1)NC(=O)c1ccc(OC(C)C)c(C#N)c1. The molecule has 1 N–H and O–H groups in total. The van der Waals surface area contributed by atoms with E-state index in [4.69, 9.17) is 9.72 Å². The van der Waals surface area contributed by atoms with E-state index >= 15 is 0 Å². The van der Waals surface area contributed by atoms with Crippen LogP contribution in [-0.2, 0) is 6.42 Å². The standard InChI is InChI=1S/C28H30N4O2S/c1-5-6-24(30-27(33)22-11-12-26(34-18(2)3)23(14-22)15-29)13-20-7-9-21(10-8-20)25-16-32-19(4)17-35-28(32)31-25/h7-12,14,16-18,24H,5-6,13H2,1-4H3,(H,30,33)/t24-/m1/s1. The number of imidazole rings is 1. The number of thiazole rings is 1. The van der Waals surface area contributed by atoms with Gasteiger partial charge in [0.2, 0.25) is 0 Å². The summed E-state index contributed by atoms with van der Waals surface area (Å²) in [6.07, 6.45) is 4.58. The predicted molar refractivity (Wildman–Crippen MR) is 140 cm³/mol. The fraction of sp³-hybridized carbons (Fsp3) is 0.321. The Labute approximate surface area is 210 Å². The molecule has 4 rings (SSSR count). The molecule has 4 aromatic rings. The van der Waals surface area contributed by atoms with Crippen molar-refractivity contribution in [3.63, 3.8) is 0 Å². The average molecular weight is 487 g/mol. The van der Waals surface area contributed by atoms with Crippen molar-refractivity contribution in [3.05, 3.63) is 76.4 Å². The van der Waals surface area contributed by atoms with Gasteiger partial charge in [-0.15, -0.1) is 11.3 Å². The average Bonchev–Trinajstić information content (AvgIpc) is 3.41. The fourth-order valence-corrected chi connectivity index (χ4v) is 4.94. The van der Waals surface area contributed by atoms with Crippen LogP contribution < -0.4 is 10.1 Å². The van der Waals surface area contributed by atoms with E-state index in [1.807, 2.05) is 13.8 Å². The molecular weight excluding hydrogens is 456 g/mol. The van der Waals surface area contributed by atoms with Crippen molar-refractivity contribution in [2.24, 2.45) is 0 Å². The third kappa shape index (κ3) is 5.72. The van der Waals surface area contributed by atoms with Crippen LogP contribution in [0.15, 0.2) is 54.0 Å². The number of aryl methyl sites for hydroxylation is 1. The second-order valence-electron chi connectivity index (χ2n) is 9.01. The summed E-state index contributed by atoms with van der Waals surface area (Å²) in [6, 6.07) is 15.5. The molecule has 7 heteroatoms. The van der Waals surface area contributed by atoms with E-state index in [9.17, 15) is 10.1 Å². The highest BCUT2D eigenvalue weighted by atomic mass is 32.1. The molecule has 0 radical (unpaired) electrons. The summed E-state index contributed by atoms with van der Waals surface area (Å²) in [5.41, 5.74) is 5.20. The number of amides is 1. The number of nitriles is 1. The zero-order valence-corrected chi connectivity index (χ0v) is 21.4. The Morgan fingerprint density at radius 2 is 2.00 bits per heavy atom. The Balaban J connectivity index is 1.45. The van der Waals surface area contributed by atoms with Crippen LogP contribution in [0.1, 0.15) is 60.8 Å². The van der Waals surface area contributed by atoms with Crippen LogP contribution in [0.5, 0.6) is 5.75 Å². The molecule has 0 saturated heterocycles. The maximum atomic E-state index is 13.0. The number of carbonyl (C=O) groups excluding carboxylic acids is 1. The molecule has 35 heavy (non-hydrogen) atoms. The molecule has 180 valence electrons. The highest BCUT2D eigenvalue weighted by Gasteiger charge is 2.17. The first-order valence-corrected chi connectivity index (χ1v) is 12.8. The van der Waals surface area contributed by atoms with Crippen molar-refractivity contribution in [2.75, 3.05) is 0 Å². The van der Waals surface area contributed by atoms with Crippen molar-refractivity contribution in [1.29, 1.82) is 5.26 Å². The monoisotopic (exact) mass is 486 g/mol. The van der Waals surface area contributed by atoms with Crippen LogP contribution in [0.2, 0.25) is 0 Å². The number of nitrogens with zero attached hydrogens (tertiary/aromatic N) is 3. The topological polar surface area (TPSA) is 79.4 Å². The summed E-state index contributed by atoms with van der Waals surface area (Å²) < 4.78 is 7.78. The Morgan fingerprint density at radius 1 is 1.23 bits per heavy atom. The van der Waals surface area contributed by atoms with Crippen LogP contribution in [0.3, 0.4) is 0 Å². The molecule has 1 atom stereocenters. The van der Waals surface area contributed by atoms with E-state index in [0.29, 0.717) is 16.9 Å². The van der Waals surface area contributed by atoms with Crippen LogP contribution in [0.4, 0.5) is 0 Å². The first-order valence-electron chi connectivity index (χ1n) is 11.9. The van der Waals surface area contributed by atoms with Crippen molar-refractivity contribution < 1.29 is 9.53 Å². The van der Waals surface area contributed by atoms with E-state index < -0.39 is 0 Å². The lowest BCUT2D eigenvalue weighted by Crippen LogP contribution is -2.36.